The van der Waals surface area contributed by atoms with Gasteiger partial charge in [-0.2, -0.15) is 0 Å². The highest BCUT2D eigenvalue weighted by molar-refractivity contribution is 5.36. The summed E-state index contributed by atoms with van der Waals surface area (Å²) in [6, 6.07) is 0.253. The molecule has 1 atom stereocenters. The van der Waals surface area contributed by atoms with E-state index in [0.717, 1.165) is 12.8 Å². The molecule has 1 rings (SSSR count). The zero-order valence-corrected chi connectivity index (χ0v) is 9.23. The maximum absolute atomic E-state index is 5.50. The Hall–Kier alpha value is -1.36. The van der Waals surface area contributed by atoms with Crippen molar-refractivity contribution in [1.29, 1.82) is 0 Å². The van der Waals surface area contributed by atoms with Crippen molar-refractivity contribution in [2.45, 2.75) is 25.8 Å². The second-order valence-corrected chi connectivity index (χ2v) is 3.43. The molecule has 0 amide bonds. The van der Waals surface area contributed by atoms with Crippen molar-refractivity contribution in [3.05, 3.63) is 12.4 Å². The third kappa shape index (κ3) is 4.12. The lowest BCUT2D eigenvalue weighted by molar-refractivity contribution is 0.182. The minimum Gasteiger partial charge on any atom is -0.396 e. The van der Waals surface area contributed by atoms with Crippen LogP contribution < -0.4 is 11.1 Å². The van der Waals surface area contributed by atoms with Gasteiger partial charge in [-0.15, -0.1) is 0 Å². The van der Waals surface area contributed by atoms with Crippen molar-refractivity contribution in [2.75, 3.05) is 24.8 Å². The molecule has 0 aliphatic carbocycles. The number of ether oxygens (including phenoxy) is 1. The molecule has 0 saturated carbocycles. The summed E-state index contributed by atoms with van der Waals surface area (Å²) in [5.74, 6) is 0.597. The zero-order valence-electron chi connectivity index (χ0n) is 9.23. The predicted molar refractivity (Wildman–Crippen MR) is 60.6 cm³/mol. The topological polar surface area (TPSA) is 73.1 Å². The van der Waals surface area contributed by atoms with E-state index in [-0.39, 0.29) is 6.04 Å². The first-order valence-corrected chi connectivity index (χ1v) is 5.09. The third-order valence-electron chi connectivity index (χ3n) is 2.01. The van der Waals surface area contributed by atoms with Gasteiger partial charge >= 0.3 is 0 Å². The van der Waals surface area contributed by atoms with Crippen LogP contribution in [0.25, 0.3) is 0 Å². The first-order valence-electron chi connectivity index (χ1n) is 5.09. The summed E-state index contributed by atoms with van der Waals surface area (Å²) in [4.78, 5) is 8.16. The molecule has 1 unspecified atom stereocenters. The SMILES string of the molecule is CCCC(COC)Nc1ncc(N)cn1. The van der Waals surface area contributed by atoms with Gasteiger partial charge in [0.1, 0.15) is 0 Å². The fourth-order valence-electron chi connectivity index (χ4n) is 1.34. The lowest BCUT2D eigenvalue weighted by Crippen LogP contribution is -2.25. The number of rotatable bonds is 6. The highest BCUT2D eigenvalue weighted by atomic mass is 16.5. The molecule has 0 saturated heterocycles. The van der Waals surface area contributed by atoms with Crippen LogP contribution in [0.1, 0.15) is 19.8 Å². The molecule has 1 aromatic rings. The smallest absolute Gasteiger partial charge is 0.223 e. The standard InChI is InChI=1S/C10H18N4O/c1-3-4-9(7-15-2)14-10-12-5-8(11)6-13-10/h5-6,9H,3-4,7,11H2,1-2H3,(H,12,13,14). The van der Waals surface area contributed by atoms with Crippen LogP contribution >= 0.6 is 0 Å². The highest BCUT2D eigenvalue weighted by Gasteiger charge is 2.08. The second-order valence-electron chi connectivity index (χ2n) is 3.43. The quantitative estimate of drug-likeness (QED) is 0.740. The van der Waals surface area contributed by atoms with E-state index in [0.29, 0.717) is 18.2 Å². The first-order chi connectivity index (χ1) is 7.26. The third-order valence-corrected chi connectivity index (χ3v) is 2.01. The van der Waals surface area contributed by atoms with Gasteiger partial charge in [0.15, 0.2) is 0 Å². The normalized spacial score (nSPS) is 12.4. The van der Waals surface area contributed by atoms with Gasteiger partial charge in [-0.1, -0.05) is 13.3 Å². The summed E-state index contributed by atoms with van der Waals surface area (Å²) >= 11 is 0. The monoisotopic (exact) mass is 210 g/mol. The molecule has 15 heavy (non-hydrogen) atoms. The minimum absolute atomic E-state index is 0.253. The highest BCUT2D eigenvalue weighted by Crippen LogP contribution is 2.06. The Morgan fingerprint density at radius 1 is 1.47 bits per heavy atom. The molecule has 1 heterocycles. The number of nitrogens with zero attached hydrogens (tertiary/aromatic N) is 2. The van der Waals surface area contributed by atoms with Crippen LogP contribution in [-0.2, 0) is 4.74 Å². The lowest BCUT2D eigenvalue weighted by Gasteiger charge is -2.16. The molecule has 0 bridgehead atoms. The van der Waals surface area contributed by atoms with E-state index in [1.807, 2.05) is 0 Å². The van der Waals surface area contributed by atoms with Crippen molar-refractivity contribution < 1.29 is 4.74 Å². The average molecular weight is 210 g/mol. The van der Waals surface area contributed by atoms with Gasteiger partial charge in [-0.25, -0.2) is 9.97 Å². The van der Waals surface area contributed by atoms with Crippen LogP contribution in [0.15, 0.2) is 12.4 Å². The summed E-state index contributed by atoms with van der Waals surface area (Å²) < 4.78 is 5.11. The zero-order chi connectivity index (χ0) is 11.1. The summed E-state index contributed by atoms with van der Waals surface area (Å²) in [7, 11) is 1.69. The van der Waals surface area contributed by atoms with Crippen molar-refractivity contribution >= 4 is 11.6 Å². The van der Waals surface area contributed by atoms with Crippen molar-refractivity contribution in [1.82, 2.24) is 9.97 Å². The van der Waals surface area contributed by atoms with Gasteiger partial charge in [-0.3, -0.25) is 0 Å². The largest absolute Gasteiger partial charge is 0.396 e. The van der Waals surface area contributed by atoms with Crippen LogP contribution in [-0.4, -0.2) is 29.7 Å². The van der Waals surface area contributed by atoms with Crippen molar-refractivity contribution in [2.24, 2.45) is 0 Å². The van der Waals surface area contributed by atoms with Gasteiger partial charge in [0, 0.05) is 7.11 Å². The number of methoxy groups -OCH3 is 1. The Kier molecular flexibility index (Phi) is 4.83. The first kappa shape index (κ1) is 11.7. The average Bonchev–Trinajstić information content (AvgIpc) is 2.22. The van der Waals surface area contributed by atoms with E-state index >= 15 is 0 Å². The number of hydrogen-bond acceptors (Lipinski definition) is 5. The van der Waals surface area contributed by atoms with Crippen molar-refractivity contribution in [3.63, 3.8) is 0 Å². The summed E-state index contributed by atoms with van der Waals surface area (Å²) in [5.41, 5.74) is 6.07. The number of nitrogens with one attached hydrogen (secondary N) is 1. The van der Waals surface area contributed by atoms with Gasteiger partial charge in [0.2, 0.25) is 5.95 Å². The number of aromatic nitrogens is 2. The molecule has 3 N–H and O–H groups in total. The van der Waals surface area contributed by atoms with Gasteiger partial charge in [0.25, 0.3) is 0 Å². The maximum atomic E-state index is 5.50. The molecule has 0 aliphatic heterocycles. The van der Waals surface area contributed by atoms with Gasteiger partial charge in [-0.05, 0) is 6.42 Å². The van der Waals surface area contributed by atoms with E-state index in [9.17, 15) is 0 Å². The fraction of sp³-hybridized carbons (Fsp3) is 0.600. The van der Waals surface area contributed by atoms with Gasteiger partial charge < -0.3 is 15.8 Å². The molecule has 0 aliphatic rings. The van der Waals surface area contributed by atoms with Crippen LogP contribution in [0, 0.1) is 0 Å². The molecule has 0 radical (unpaired) electrons. The molecule has 5 nitrogen and oxygen atoms in total. The summed E-state index contributed by atoms with van der Waals surface area (Å²) in [5, 5.41) is 3.21. The van der Waals surface area contributed by atoms with Gasteiger partial charge in [0.05, 0.1) is 30.7 Å². The molecular weight excluding hydrogens is 192 g/mol. The van der Waals surface area contributed by atoms with Crippen LogP contribution in [0.2, 0.25) is 0 Å². The number of nitrogen functional groups attached to an aromatic ring is 1. The number of hydrogen-bond donors (Lipinski definition) is 2. The van der Waals surface area contributed by atoms with Crippen LogP contribution in [0.5, 0.6) is 0 Å². The molecule has 0 fully saturated rings. The minimum atomic E-state index is 0.253. The summed E-state index contributed by atoms with van der Waals surface area (Å²) in [6.45, 7) is 2.79. The number of anilines is 2. The predicted octanol–water partition coefficient (Wildman–Crippen LogP) is 1.29. The molecule has 0 aromatic carbocycles. The Morgan fingerprint density at radius 2 is 2.13 bits per heavy atom. The van der Waals surface area contributed by atoms with E-state index in [2.05, 4.69) is 22.2 Å². The Morgan fingerprint density at radius 3 is 2.67 bits per heavy atom. The molecular formula is C10H18N4O. The Balaban J connectivity index is 2.53. The maximum Gasteiger partial charge on any atom is 0.223 e. The summed E-state index contributed by atoms with van der Waals surface area (Å²) in [6.07, 6.45) is 5.30. The molecule has 1 aromatic heterocycles. The molecule has 84 valence electrons. The molecule has 5 heteroatoms. The fourth-order valence-corrected chi connectivity index (χ4v) is 1.34. The number of nitrogens with two attached hydrogens (primary N) is 1. The van der Waals surface area contributed by atoms with E-state index in [1.165, 1.54) is 0 Å². The Labute approximate surface area is 90.1 Å². The van der Waals surface area contributed by atoms with Crippen LogP contribution in [0.4, 0.5) is 11.6 Å². The van der Waals surface area contributed by atoms with E-state index in [1.54, 1.807) is 19.5 Å². The van der Waals surface area contributed by atoms with Crippen LogP contribution in [0.3, 0.4) is 0 Å². The molecule has 0 spiro atoms. The second kappa shape index (κ2) is 6.19. The lowest BCUT2D eigenvalue weighted by atomic mass is 10.2. The van der Waals surface area contributed by atoms with E-state index in [4.69, 9.17) is 10.5 Å². The van der Waals surface area contributed by atoms with E-state index < -0.39 is 0 Å². The van der Waals surface area contributed by atoms with Crippen molar-refractivity contribution in [3.8, 4) is 0 Å². The Bertz CT molecular complexity index is 269.